The fourth-order valence-corrected chi connectivity index (χ4v) is 1.74. The van der Waals surface area contributed by atoms with Crippen LogP contribution >= 0.6 is 0 Å². The van der Waals surface area contributed by atoms with E-state index in [1.807, 2.05) is 0 Å². The molecule has 0 amide bonds. The summed E-state index contributed by atoms with van der Waals surface area (Å²) < 4.78 is 19.3. The predicted octanol–water partition coefficient (Wildman–Crippen LogP) is 2.53. The van der Waals surface area contributed by atoms with E-state index < -0.39 is 0 Å². The van der Waals surface area contributed by atoms with Gasteiger partial charge in [0.15, 0.2) is 0 Å². The molecule has 1 aromatic rings. The Kier molecular flexibility index (Phi) is 8.04. The van der Waals surface area contributed by atoms with Crippen LogP contribution in [0.4, 0.5) is 4.39 Å². The van der Waals surface area contributed by atoms with Gasteiger partial charge in [0, 0.05) is 12.2 Å². The van der Waals surface area contributed by atoms with Gasteiger partial charge < -0.3 is 16.2 Å². The molecule has 0 saturated heterocycles. The Morgan fingerprint density at radius 1 is 1.29 bits per heavy atom. The zero-order chi connectivity index (χ0) is 15.5. The topological polar surface area (TPSA) is 86.0 Å². The minimum absolute atomic E-state index is 0.139. The quantitative estimate of drug-likeness (QED) is 0.317. The Labute approximate surface area is 124 Å². The molecule has 116 valence electrons. The second-order valence-corrected chi connectivity index (χ2v) is 4.73. The molecule has 0 atom stereocenters. The van der Waals surface area contributed by atoms with Crippen LogP contribution in [0.5, 0.6) is 0 Å². The average Bonchev–Trinajstić information content (AvgIpc) is 2.44. The highest BCUT2D eigenvalue weighted by Crippen LogP contribution is 2.11. The molecule has 21 heavy (non-hydrogen) atoms. The summed E-state index contributed by atoms with van der Waals surface area (Å²) in [6.07, 6.45) is 5.95. The number of hydrogen-bond acceptors (Lipinski definition) is 3. The van der Waals surface area contributed by atoms with Gasteiger partial charge in [-0.05, 0) is 18.1 Å². The highest BCUT2D eigenvalue weighted by molar-refractivity contribution is 5.81. The van der Waals surface area contributed by atoms with Gasteiger partial charge in [0.25, 0.3) is 0 Å². The lowest BCUT2D eigenvalue weighted by atomic mass is 10.1. The van der Waals surface area contributed by atoms with E-state index in [-0.39, 0.29) is 18.4 Å². The third-order valence-corrected chi connectivity index (χ3v) is 2.86. The van der Waals surface area contributed by atoms with Crippen LogP contribution in [-0.4, -0.2) is 18.8 Å². The second kappa shape index (κ2) is 9.88. The molecule has 0 aliphatic carbocycles. The van der Waals surface area contributed by atoms with Gasteiger partial charge in [-0.25, -0.2) is 4.39 Å². The fourth-order valence-electron chi connectivity index (χ4n) is 1.74. The first-order valence-corrected chi connectivity index (χ1v) is 7.11. The lowest BCUT2D eigenvalue weighted by molar-refractivity contribution is 0.114. The summed E-state index contributed by atoms with van der Waals surface area (Å²) in [6.45, 7) is 3.10. The van der Waals surface area contributed by atoms with Gasteiger partial charge in [-0.15, -0.1) is 5.10 Å². The van der Waals surface area contributed by atoms with Gasteiger partial charge in [0.1, 0.15) is 5.82 Å². The van der Waals surface area contributed by atoms with Gasteiger partial charge in [0.2, 0.25) is 5.96 Å². The summed E-state index contributed by atoms with van der Waals surface area (Å²) in [6, 6.07) is 4.80. The molecular weight excluding hydrogens is 271 g/mol. The molecule has 0 heterocycles. The molecule has 1 rings (SSSR count). The summed E-state index contributed by atoms with van der Waals surface area (Å²) in [7, 11) is 0. The number of ether oxygens (including phenoxy) is 1. The van der Waals surface area contributed by atoms with Gasteiger partial charge in [-0.3, -0.25) is 0 Å². The second-order valence-electron chi connectivity index (χ2n) is 4.73. The van der Waals surface area contributed by atoms with Crippen LogP contribution in [0, 0.1) is 5.82 Å². The third-order valence-electron chi connectivity index (χ3n) is 2.86. The van der Waals surface area contributed by atoms with Gasteiger partial charge in [-0.2, -0.15) is 5.10 Å². The van der Waals surface area contributed by atoms with Crippen molar-refractivity contribution >= 4 is 12.2 Å². The minimum Gasteiger partial charge on any atom is -0.377 e. The van der Waals surface area contributed by atoms with E-state index in [9.17, 15) is 4.39 Å². The lowest BCUT2D eigenvalue weighted by Crippen LogP contribution is -2.21. The number of rotatable bonds is 9. The molecule has 0 radical (unpaired) electrons. The van der Waals surface area contributed by atoms with Crippen molar-refractivity contribution in [3.8, 4) is 0 Å². The summed E-state index contributed by atoms with van der Waals surface area (Å²) in [4.78, 5) is 0. The summed E-state index contributed by atoms with van der Waals surface area (Å²) >= 11 is 0. The number of guanidine groups is 1. The number of hydrogen-bond donors (Lipinski definition) is 2. The fraction of sp³-hybridized carbons (Fsp3) is 0.467. The number of halogens is 1. The summed E-state index contributed by atoms with van der Waals surface area (Å²) in [5.41, 5.74) is 11.4. The van der Waals surface area contributed by atoms with Crippen LogP contribution in [0.1, 0.15) is 43.7 Å². The SMILES string of the molecule is CCCCCCOCc1ccc(C=NN=C(N)N)cc1F. The molecule has 0 fully saturated rings. The van der Waals surface area contributed by atoms with E-state index in [0.29, 0.717) is 17.7 Å². The lowest BCUT2D eigenvalue weighted by Gasteiger charge is -2.06. The van der Waals surface area contributed by atoms with Crippen LogP contribution in [0.15, 0.2) is 28.4 Å². The molecule has 0 spiro atoms. The van der Waals surface area contributed by atoms with Crippen LogP contribution < -0.4 is 11.5 Å². The first kappa shape index (κ1) is 17.1. The Hall–Kier alpha value is -1.95. The Morgan fingerprint density at radius 3 is 2.76 bits per heavy atom. The maximum absolute atomic E-state index is 13.8. The van der Waals surface area contributed by atoms with Crippen LogP contribution in [-0.2, 0) is 11.3 Å². The highest BCUT2D eigenvalue weighted by Gasteiger charge is 2.03. The molecule has 1 aromatic carbocycles. The normalized spacial score (nSPS) is 11.0. The third kappa shape index (κ3) is 7.41. The molecule has 0 saturated carbocycles. The van der Waals surface area contributed by atoms with E-state index in [4.69, 9.17) is 16.2 Å². The molecule has 0 aromatic heterocycles. The van der Waals surface area contributed by atoms with Gasteiger partial charge in [0.05, 0.1) is 12.8 Å². The smallest absolute Gasteiger partial charge is 0.211 e. The average molecular weight is 294 g/mol. The van der Waals surface area contributed by atoms with Crippen molar-refractivity contribution in [1.29, 1.82) is 0 Å². The Bertz CT molecular complexity index is 485. The van der Waals surface area contributed by atoms with E-state index in [1.165, 1.54) is 25.1 Å². The van der Waals surface area contributed by atoms with Crippen LogP contribution in [0.3, 0.4) is 0 Å². The van der Waals surface area contributed by atoms with Gasteiger partial charge >= 0.3 is 0 Å². The first-order chi connectivity index (χ1) is 10.1. The largest absolute Gasteiger partial charge is 0.377 e. The zero-order valence-corrected chi connectivity index (χ0v) is 12.4. The van der Waals surface area contributed by atoms with Gasteiger partial charge in [-0.1, -0.05) is 38.3 Å². The standard InChI is InChI=1S/C15H23FN4O/c1-2-3-4-5-8-21-11-13-7-6-12(9-14(13)16)10-19-20-15(17)18/h6-7,9-10H,2-5,8,11H2,1H3,(H4,17,18,20). The van der Waals surface area contributed by atoms with Crippen molar-refractivity contribution in [2.75, 3.05) is 6.61 Å². The minimum atomic E-state index is -0.322. The number of unbranched alkanes of at least 4 members (excludes halogenated alkanes) is 3. The maximum Gasteiger partial charge on any atom is 0.211 e. The van der Waals surface area contributed by atoms with Crippen molar-refractivity contribution in [2.24, 2.45) is 21.7 Å². The monoisotopic (exact) mass is 294 g/mol. The molecule has 0 unspecified atom stereocenters. The van der Waals surface area contributed by atoms with Crippen LogP contribution in [0.25, 0.3) is 0 Å². The highest BCUT2D eigenvalue weighted by atomic mass is 19.1. The summed E-state index contributed by atoms with van der Waals surface area (Å²) in [5.74, 6) is -0.461. The van der Waals surface area contributed by atoms with E-state index >= 15 is 0 Å². The maximum atomic E-state index is 13.8. The number of nitrogens with two attached hydrogens (primary N) is 2. The Morgan fingerprint density at radius 2 is 2.10 bits per heavy atom. The van der Waals surface area contributed by atoms with Crippen molar-refractivity contribution in [1.82, 2.24) is 0 Å². The molecule has 0 aliphatic heterocycles. The first-order valence-electron chi connectivity index (χ1n) is 7.11. The number of nitrogens with zero attached hydrogens (tertiary/aromatic N) is 2. The predicted molar refractivity (Wildman–Crippen MR) is 83.6 cm³/mol. The molecule has 6 heteroatoms. The van der Waals surface area contributed by atoms with Crippen molar-refractivity contribution < 1.29 is 9.13 Å². The molecule has 4 N–H and O–H groups in total. The van der Waals surface area contributed by atoms with Crippen molar-refractivity contribution in [3.05, 3.63) is 35.1 Å². The molecule has 0 bridgehead atoms. The van der Waals surface area contributed by atoms with Crippen molar-refractivity contribution in [2.45, 2.75) is 39.2 Å². The van der Waals surface area contributed by atoms with E-state index in [1.54, 1.807) is 12.1 Å². The number of benzene rings is 1. The summed E-state index contributed by atoms with van der Waals surface area (Å²) in [5, 5.41) is 7.08. The zero-order valence-electron chi connectivity index (χ0n) is 12.4. The molecule has 5 nitrogen and oxygen atoms in total. The van der Waals surface area contributed by atoms with E-state index in [0.717, 1.165) is 12.8 Å². The van der Waals surface area contributed by atoms with Crippen LogP contribution in [0.2, 0.25) is 0 Å². The molecular formula is C15H23FN4O. The van der Waals surface area contributed by atoms with E-state index in [2.05, 4.69) is 17.1 Å². The van der Waals surface area contributed by atoms with Crippen molar-refractivity contribution in [3.63, 3.8) is 0 Å². The molecule has 0 aliphatic rings. The Balaban J connectivity index is 2.43.